The van der Waals surface area contributed by atoms with Gasteiger partial charge in [-0.2, -0.15) is 0 Å². The lowest BCUT2D eigenvalue weighted by atomic mass is 10.2. The summed E-state index contributed by atoms with van der Waals surface area (Å²) in [4.78, 5) is 0. The third-order valence-corrected chi connectivity index (χ3v) is 5.38. The molecule has 0 heterocycles. The molecule has 0 bridgehead atoms. The van der Waals surface area contributed by atoms with Crippen molar-refractivity contribution >= 4 is 7.92 Å². The summed E-state index contributed by atoms with van der Waals surface area (Å²) in [5.74, 6) is -0.920. The first-order valence-corrected chi connectivity index (χ1v) is 7.72. The first kappa shape index (κ1) is 13.6. The molecule has 0 amide bonds. The summed E-state index contributed by atoms with van der Waals surface area (Å²) in [5.41, 5.74) is 0.811. The lowest BCUT2D eigenvalue weighted by Crippen LogP contribution is -1.94. The summed E-state index contributed by atoms with van der Waals surface area (Å²) in [7, 11) is -0.0952. The fraction of sp³-hybridized carbons (Fsp3) is 0.538. The van der Waals surface area contributed by atoms with Gasteiger partial charge in [-0.05, 0) is 36.2 Å². The Morgan fingerprint density at radius 3 is 1.88 bits per heavy atom. The lowest BCUT2D eigenvalue weighted by Gasteiger charge is -2.16. The number of hydrogen-bond acceptors (Lipinski definition) is 0. The van der Waals surface area contributed by atoms with Crippen LogP contribution in [0.25, 0.3) is 0 Å². The van der Waals surface area contributed by atoms with E-state index in [9.17, 15) is 8.78 Å². The van der Waals surface area contributed by atoms with Gasteiger partial charge in [0.2, 0.25) is 0 Å². The molecule has 0 aromatic heterocycles. The summed E-state index contributed by atoms with van der Waals surface area (Å²) in [6.07, 6.45) is 5.56. The molecular formula is C13H19F2P. The van der Waals surface area contributed by atoms with E-state index in [1.165, 1.54) is 24.5 Å². The monoisotopic (exact) mass is 244 g/mol. The first-order valence-electron chi connectivity index (χ1n) is 5.83. The zero-order valence-electron chi connectivity index (χ0n) is 9.97. The van der Waals surface area contributed by atoms with Gasteiger partial charge in [0.1, 0.15) is 11.6 Å². The Kier molecular flexibility index (Phi) is 5.90. The molecule has 0 saturated carbocycles. The maximum atomic E-state index is 13.0. The second-order valence-electron chi connectivity index (χ2n) is 4.05. The second kappa shape index (κ2) is 6.96. The normalized spacial score (nSPS) is 11.1. The van der Waals surface area contributed by atoms with Gasteiger partial charge in [-0.3, -0.25) is 0 Å². The third-order valence-electron chi connectivity index (χ3n) is 2.41. The molecular weight excluding hydrogens is 225 g/mol. The molecule has 0 aliphatic rings. The van der Waals surface area contributed by atoms with Crippen molar-refractivity contribution in [2.45, 2.75) is 32.9 Å². The van der Waals surface area contributed by atoms with Gasteiger partial charge >= 0.3 is 0 Å². The lowest BCUT2D eigenvalue weighted by molar-refractivity contribution is 0.581. The largest absolute Gasteiger partial charge is 0.207 e. The first-order chi connectivity index (χ1) is 7.65. The van der Waals surface area contributed by atoms with Crippen LogP contribution in [0.15, 0.2) is 18.2 Å². The summed E-state index contributed by atoms with van der Waals surface area (Å²) in [5, 5.41) is 0. The highest BCUT2D eigenvalue weighted by molar-refractivity contribution is 7.56. The van der Waals surface area contributed by atoms with E-state index >= 15 is 0 Å². The molecule has 0 radical (unpaired) electrons. The van der Waals surface area contributed by atoms with Crippen molar-refractivity contribution in [1.82, 2.24) is 0 Å². The fourth-order valence-corrected chi connectivity index (χ4v) is 4.37. The van der Waals surface area contributed by atoms with E-state index in [0.717, 1.165) is 30.6 Å². The molecule has 0 N–H and O–H groups in total. The van der Waals surface area contributed by atoms with E-state index in [-0.39, 0.29) is 7.92 Å². The van der Waals surface area contributed by atoms with Crippen LogP contribution in [0.4, 0.5) is 8.78 Å². The summed E-state index contributed by atoms with van der Waals surface area (Å²) in [6.45, 7) is 4.33. The molecule has 0 aliphatic heterocycles. The SMILES string of the molecule is CCCP(CCC)Cc1cc(F)cc(F)c1. The van der Waals surface area contributed by atoms with E-state index < -0.39 is 11.6 Å². The Bertz CT molecular complexity index is 299. The second-order valence-corrected chi connectivity index (χ2v) is 6.61. The summed E-state index contributed by atoms with van der Waals surface area (Å²) < 4.78 is 26.0. The van der Waals surface area contributed by atoms with E-state index in [1.54, 1.807) is 0 Å². The summed E-state index contributed by atoms with van der Waals surface area (Å²) in [6, 6.07) is 3.86. The molecule has 0 unspecified atom stereocenters. The standard InChI is InChI=1S/C13H19F2P/c1-3-5-16(6-4-2)10-11-7-12(14)9-13(15)8-11/h7-9H,3-6,10H2,1-2H3. The number of hydrogen-bond donors (Lipinski definition) is 0. The van der Waals surface area contributed by atoms with Gasteiger partial charge in [0.25, 0.3) is 0 Å². The maximum Gasteiger partial charge on any atom is 0.126 e. The van der Waals surface area contributed by atoms with Crippen molar-refractivity contribution in [3.63, 3.8) is 0 Å². The average molecular weight is 244 g/mol. The molecule has 3 heteroatoms. The Morgan fingerprint density at radius 2 is 1.44 bits per heavy atom. The Morgan fingerprint density at radius 1 is 0.938 bits per heavy atom. The Hall–Kier alpha value is -0.490. The molecule has 0 aliphatic carbocycles. The highest BCUT2D eigenvalue weighted by Gasteiger charge is 2.08. The highest BCUT2D eigenvalue weighted by Crippen LogP contribution is 2.40. The minimum atomic E-state index is -0.460. The number of rotatable bonds is 6. The highest BCUT2D eigenvalue weighted by atomic mass is 31.1. The third kappa shape index (κ3) is 4.57. The molecule has 16 heavy (non-hydrogen) atoms. The van der Waals surface area contributed by atoms with Crippen molar-refractivity contribution < 1.29 is 8.78 Å². The Balaban J connectivity index is 2.68. The minimum absolute atomic E-state index is 0.0952. The molecule has 0 saturated heterocycles. The van der Waals surface area contributed by atoms with Crippen LogP contribution in [0.5, 0.6) is 0 Å². The van der Waals surface area contributed by atoms with Crippen LogP contribution in [-0.2, 0) is 6.16 Å². The number of halogens is 2. The van der Waals surface area contributed by atoms with Crippen LogP contribution in [0, 0.1) is 11.6 Å². The van der Waals surface area contributed by atoms with Gasteiger partial charge in [0, 0.05) is 6.07 Å². The molecule has 0 atom stereocenters. The molecule has 1 rings (SSSR count). The molecule has 0 nitrogen and oxygen atoms in total. The molecule has 1 aromatic rings. The topological polar surface area (TPSA) is 0 Å². The van der Waals surface area contributed by atoms with E-state index in [0.29, 0.717) is 0 Å². The van der Waals surface area contributed by atoms with Crippen LogP contribution < -0.4 is 0 Å². The van der Waals surface area contributed by atoms with Gasteiger partial charge < -0.3 is 0 Å². The minimum Gasteiger partial charge on any atom is -0.207 e. The van der Waals surface area contributed by atoms with Gasteiger partial charge in [0.15, 0.2) is 0 Å². The predicted molar refractivity (Wildman–Crippen MR) is 67.3 cm³/mol. The molecule has 1 aromatic carbocycles. The van der Waals surface area contributed by atoms with Gasteiger partial charge in [-0.25, -0.2) is 8.78 Å². The van der Waals surface area contributed by atoms with Crippen molar-refractivity contribution in [3.8, 4) is 0 Å². The zero-order valence-corrected chi connectivity index (χ0v) is 10.9. The zero-order chi connectivity index (χ0) is 12.0. The maximum absolute atomic E-state index is 13.0. The van der Waals surface area contributed by atoms with Crippen LogP contribution in [0.1, 0.15) is 32.3 Å². The number of benzene rings is 1. The van der Waals surface area contributed by atoms with E-state index in [1.807, 2.05) is 0 Å². The van der Waals surface area contributed by atoms with E-state index in [2.05, 4.69) is 13.8 Å². The van der Waals surface area contributed by atoms with Crippen LogP contribution in [0.3, 0.4) is 0 Å². The van der Waals surface area contributed by atoms with Gasteiger partial charge in [0.05, 0.1) is 0 Å². The van der Waals surface area contributed by atoms with Crippen LogP contribution in [0.2, 0.25) is 0 Å². The predicted octanol–water partition coefficient (Wildman–Crippen LogP) is 4.77. The molecule has 0 fully saturated rings. The van der Waals surface area contributed by atoms with Crippen molar-refractivity contribution in [2.24, 2.45) is 0 Å². The smallest absolute Gasteiger partial charge is 0.126 e. The van der Waals surface area contributed by atoms with Crippen molar-refractivity contribution in [2.75, 3.05) is 12.3 Å². The van der Waals surface area contributed by atoms with Crippen molar-refractivity contribution in [1.29, 1.82) is 0 Å². The van der Waals surface area contributed by atoms with Crippen LogP contribution >= 0.6 is 7.92 Å². The Labute approximate surface area is 97.8 Å². The van der Waals surface area contributed by atoms with Gasteiger partial charge in [-0.15, -0.1) is 7.92 Å². The molecule has 90 valence electrons. The summed E-state index contributed by atoms with van der Waals surface area (Å²) >= 11 is 0. The van der Waals surface area contributed by atoms with Crippen LogP contribution in [-0.4, -0.2) is 12.3 Å². The van der Waals surface area contributed by atoms with E-state index in [4.69, 9.17) is 0 Å². The van der Waals surface area contributed by atoms with Crippen molar-refractivity contribution in [3.05, 3.63) is 35.4 Å². The quantitative estimate of drug-likeness (QED) is 0.632. The fourth-order valence-electron chi connectivity index (χ4n) is 1.86. The average Bonchev–Trinajstić information content (AvgIpc) is 2.16. The van der Waals surface area contributed by atoms with Gasteiger partial charge in [-0.1, -0.05) is 26.7 Å². The molecule has 0 spiro atoms.